The highest BCUT2D eigenvalue weighted by Gasteiger charge is 2.33. The van der Waals surface area contributed by atoms with Crippen LogP contribution in [0.4, 0.5) is 18.9 Å². The minimum atomic E-state index is -1.84. The molecule has 0 radical (unpaired) electrons. The van der Waals surface area contributed by atoms with Crippen LogP contribution in [-0.2, 0) is 6.54 Å². The molecule has 3 aromatic carbocycles. The summed E-state index contributed by atoms with van der Waals surface area (Å²) in [5, 5.41) is 13.3. The summed E-state index contributed by atoms with van der Waals surface area (Å²) in [5.74, 6) is -8.21. The average molecular weight is 511 g/mol. The van der Waals surface area contributed by atoms with E-state index in [4.69, 9.17) is 11.6 Å². The number of pyridine rings is 1. The van der Waals surface area contributed by atoms with Gasteiger partial charge in [-0.2, -0.15) is 0 Å². The number of aromatic carboxylic acids is 1. The summed E-state index contributed by atoms with van der Waals surface area (Å²) in [6.45, 7) is 1.96. The first kappa shape index (κ1) is 24.9. The topological polar surface area (TPSA) is 79.3 Å². The summed E-state index contributed by atoms with van der Waals surface area (Å²) in [4.78, 5) is 28.7. The van der Waals surface area contributed by atoms with E-state index >= 15 is 13.2 Å². The highest BCUT2D eigenvalue weighted by Crippen LogP contribution is 2.35. The van der Waals surface area contributed by atoms with Gasteiger partial charge in [-0.25, -0.2) is 18.0 Å². The van der Waals surface area contributed by atoms with Crippen molar-refractivity contribution in [2.24, 2.45) is 0 Å². The number of carbonyl (C=O) groups excluding carboxylic acids is 1. The molecule has 0 spiro atoms. The lowest BCUT2D eigenvalue weighted by molar-refractivity contribution is 0.0692. The molecule has 36 heavy (non-hydrogen) atoms. The number of aryl methyl sites for hydroxylation is 1. The first-order valence-corrected chi connectivity index (χ1v) is 11.1. The van der Waals surface area contributed by atoms with Crippen molar-refractivity contribution in [1.82, 2.24) is 4.98 Å². The van der Waals surface area contributed by atoms with Crippen molar-refractivity contribution in [2.45, 2.75) is 13.5 Å². The summed E-state index contributed by atoms with van der Waals surface area (Å²) in [5.41, 5.74) is -1.77. The van der Waals surface area contributed by atoms with Crippen LogP contribution in [0.15, 0.2) is 66.9 Å². The van der Waals surface area contributed by atoms with Gasteiger partial charge in [-0.05, 0) is 47.9 Å². The van der Waals surface area contributed by atoms with E-state index in [0.29, 0.717) is 22.8 Å². The Morgan fingerprint density at radius 3 is 2.22 bits per heavy atom. The van der Waals surface area contributed by atoms with Crippen molar-refractivity contribution >= 4 is 29.0 Å². The number of ketones is 1. The van der Waals surface area contributed by atoms with E-state index in [-0.39, 0.29) is 11.3 Å². The lowest BCUT2D eigenvalue weighted by Gasteiger charge is -2.15. The Hall–Kier alpha value is -4.17. The molecule has 0 saturated carbocycles. The molecule has 1 heterocycles. The first-order chi connectivity index (χ1) is 17.2. The van der Waals surface area contributed by atoms with Gasteiger partial charge in [0.1, 0.15) is 11.3 Å². The molecule has 2 N–H and O–H groups in total. The second kappa shape index (κ2) is 10.2. The monoisotopic (exact) mass is 510 g/mol. The number of benzene rings is 3. The fourth-order valence-corrected chi connectivity index (χ4v) is 3.86. The number of rotatable bonds is 7. The standard InChI is InChI=1S/C27H18ClF3N2O3/c1-14-4-2-3-5-18(14)20-21(27(35)36)23(29)22(25(31)24(20)30)26(34)19-11-10-17(13-33-19)32-12-15-6-8-16(28)9-7-15/h2-11,13,32H,12H2,1H3,(H,35,36). The number of anilines is 1. The number of halogens is 4. The van der Waals surface area contributed by atoms with E-state index in [2.05, 4.69) is 10.3 Å². The second-order valence-corrected chi connectivity index (χ2v) is 8.36. The van der Waals surface area contributed by atoms with Crippen molar-refractivity contribution in [3.63, 3.8) is 0 Å². The molecule has 0 aliphatic heterocycles. The fourth-order valence-electron chi connectivity index (χ4n) is 3.73. The molecule has 0 bridgehead atoms. The van der Waals surface area contributed by atoms with Crippen molar-refractivity contribution in [3.8, 4) is 11.1 Å². The van der Waals surface area contributed by atoms with Crippen LogP contribution in [0.3, 0.4) is 0 Å². The van der Waals surface area contributed by atoms with Crippen molar-refractivity contribution < 1.29 is 27.9 Å². The number of carboxylic acid groups (broad SMARTS) is 1. The smallest absolute Gasteiger partial charge is 0.339 e. The average Bonchev–Trinajstić information content (AvgIpc) is 2.86. The number of carboxylic acids is 1. The van der Waals surface area contributed by atoms with Crippen LogP contribution in [0.2, 0.25) is 5.02 Å². The molecule has 5 nitrogen and oxygen atoms in total. The van der Waals surface area contributed by atoms with Crippen LogP contribution >= 0.6 is 11.6 Å². The maximum absolute atomic E-state index is 15.3. The van der Waals surface area contributed by atoms with Gasteiger partial charge in [0.2, 0.25) is 5.78 Å². The third-order valence-electron chi connectivity index (χ3n) is 5.58. The number of carbonyl (C=O) groups is 2. The van der Waals surface area contributed by atoms with E-state index in [1.165, 1.54) is 30.5 Å². The number of aromatic nitrogens is 1. The van der Waals surface area contributed by atoms with E-state index in [1.54, 1.807) is 31.2 Å². The molecule has 0 aliphatic rings. The fraction of sp³-hybridized carbons (Fsp3) is 0.0741. The Kier molecular flexibility index (Phi) is 7.07. The molecule has 1 aromatic heterocycles. The van der Waals surface area contributed by atoms with Crippen LogP contribution < -0.4 is 5.32 Å². The predicted octanol–water partition coefficient (Wildman–Crippen LogP) is 6.67. The molecule has 0 atom stereocenters. The highest BCUT2D eigenvalue weighted by molar-refractivity contribution is 6.30. The van der Waals surface area contributed by atoms with Gasteiger partial charge in [-0.15, -0.1) is 0 Å². The molecule has 182 valence electrons. The summed E-state index contributed by atoms with van der Waals surface area (Å²) in [6, 6.07) is 15.8. The van der Waals surface area contributed by atoms with Gasteiger partial charge in [0.25, 0.3) is 0 Å². The Bertz CT molecular complexity index is 1470. The SMILES string of the molecule is Cc1ccccc1-c1c(F)c(F)c(C(=O)c2ccc(NCc3ccc(Cl)cc3)cn2)c(F)c1C(=O)O. The number of nitrogens with one attached hydrogen (secondary N) is 1. The third-order valence-corrected chi connectivity index (χ3v) is 5.83. The van der Waals surface area contributed by atoms with Gasteiger partial charge in [0.15, 0.2) is 17.5 Å². The van der Waals surface area contributed by atoms with Crippen LogP contribution in [0.5, 0.6) is 0 Å². The van der Waals surface area contributed by atoms with Gasteiger partial charge < -0.3 is 10.4 Å². The molecule has 0 aliphatic carbocycles. The van der Waals surface area contributed by atoms with Gasteiger partial charge in [-0.1, -0.05) is 48.0 Å². The van der Waals surface area contributed by atoms with E-state index < -0.39 is 45.9 Å². The summed E-state index contributed by atoms with van der Waals surface area (Å²) >= 11 is 5.86. The van der Waals surface area contributed by atoms with Crippen molar-refractivity contribution in [3.05, 3.63) is 117 Å². The lowest BCUT2D eigenvalue weighted by Crippen LogP contribution is -2.17. The zero-order valence-electron chi connectivity index (χ0n) is 18.8. The largest absolute Gasteiger partial charge is 0.478 e. The maximum atomic E-state index is 15.3. The van der Waals surface area contributed by atoms with E-state index in [1.807, 2.05) is 12.1 Å². The molecule has 4 aromatic rings. The minimum Gasteiger partial charge on any atom is -0.478 e. The Morgan fingerprint density at radius 1 is 0.917 bits per heavy atom. The molecule has 0 fully saturated rings. The number of hydrogen-bond acceptors (Lipinski definition) is 4. The summed E-state index contributed by atoms with van der Waals surface area (Å²) < 4.78 is 45.6. The first-order valence-electron chi connectivity index (χ1n) is 10.7. The van der Waals surface area contributed by atoms with Gasteiger partial charge in [0.05, 0.1) is 17.4 Å². The Labute approximate surface area is 209 Å². The van der Waals surface area contributed by atoms with Gasteiger partial charge in [-0.3, -0.25) is 9.78 Å². The van der Waals surface area contributed by atoms with E-state index in [9.17, 15) is 14.7 Å². The maximum Gasteiger partial charge on any atom is 0.339 e. The minimum absolute atomic E-state index is 0.00145. The Balaban J connectivity index is 1.68. The van der Waals surface area contributed by atoms with Crippen molar-refractivity contribution in [1.29, 1.82) is 0 Å². The van der Waals surface area contributed by atoms with Gasteiger partial charge >= 0.3 is 5.97 Å². The zero-order valence-corrected chi connectivity index (χ0v) is 19.5. The van der Waals surface area contributed by atoms with Gasteiger partial charge in [0, 0.05) is 17.1 Å². The van der Waals surface area contributed by atoms with Crippen molar-refractivity contribution in [2.75, 3.05) is 5.32 Å². The third kappa shape index (κ3) is 4.81. The molecule has 9 heteroatoms. The molecule has 0 unspecified atom stereocenters. The highest BCUT2D eigenvalue weighted by atomic mass is 35.5. The predicted molar refractivity (Wildman–Crippen MR) is 130 cm³/mol. The molecule has 0 saturated heterocycles. The second-order valence-electron chi connectivity index (χ2n) is 7.93. The number of nitrogens with zero attached hydrogens (tertiary/aromatic N) is 1. The van der Waals surface area contributed by atoms with E-state index in [0.717, 1.165) is 5.56 Å². The normalized spacial score (nSPS) is 10.8. The molecular weight excluding hydrogens is 493 g/mol. The van der Waals surface area contributed by atoms with Crippen LogP contribution in [0, 0.1) is 24.4 Å². The lowest BCUT2D eigenvalue weighted by atomic mass is 9.91. The Morgan fingerprint density at radius 2 is 1.61 bits per heavy atom. The van der Waals surface area contributed by atoms with Crippen LogP contribution in [-0.4, -0.2) is 21.8 Å². The molecule has 0 amide bonds. The molecular formula is C27H18ClF3N2O3. The van der Waals surface area contributed by atoms with Crippen LogP contribution in [0.1, 0.15) is 37.5 Å². The zero-order chi connectivity index (χ0) is 26.0. The molecule has 4 rings (SSSR count). The quantitative estimate of drug-likeness (QED) is 0.214. The summed E-state index contributed by atoms with van der Waals surface area (Å²) in [6.07, 6.45) is 1.27. The summed E-state index contributed by atoms with van der Waals surface area (Å²) in [7, 11) is 0. The van der Waals surface area contributed by atoms with Crippen LogP contribution in [0.25, 0.3) is 11.1 Å². The number of hydrogen-bond donors (Lipinski definition) is 2.